The average molecular weight is 250 g/mol. The summed E-state index contributed by atoms with van der Waals surface area (Å²) in [5.41, 5.74) is 0. The van der Waals surface area contributed by atoms with Crippen LogP contribution in [0.1, 0.15) is 32.1 Å². The minimum Gasteiger partial charge on any atom is -0.481 e. The van der Waals surface area contributed by atoms with E-state index in [4.69, 9.17) is 5.11 Å². The average Bonchev–Trinajstić information content (AvgIpc) is 2.26. The van der Waals surface area contributed by atoms with E-state index in [1.54, 1.807) is 0 Å². The molecule has 2 N–H and O–H groups in total. The highest BCUT2D eigenvalue weighted by Crippen LogP contribution is 2.22. The number of piperidine rings is 1. The molecule has 1 fully saturated rings. The van der Waals surface area contributed by atoms with Crippen LogP contribution in [-0.2, 0) is 15.0 Å². The van der Waals surface area contributed by atoms with Crippen molar-refractivity contribution in [3.63, 3.8) is 0 Å². The van der Waals surface area contributed by atoms with Gasteiger partial charge >= 0.3 is 5.97 Å². The Labute approximate surface area is 95.8 Å². The standard InChI is InChI=1S/C9H18N2O4S/c1-10-16(14,15)11-7-3-2-4-8(11)5-6-9(12)13/h8,10H,2-7H2,1H3,(H,12,13). The lowest BCUT2D eigenvalue weighted by atomic mass is 10.0. The lowest BCUT2D eigenvalue weighted by Crippen LogP contribution is -2.48. The Balaban J connectivity index is 2.68. The second-order valence-corrected chi connectivity index (χ2v) is 5.73. The largest absolute Gasteiger partial charge is 0.481 e. The fraction of sp³-hybridized carbons (Fsp3) is 0.889. The van der Waals surface area contributed by atoms with Crippen molar-refractivity contribution in [3.8, 4) is 0 Å². The summed E-state index contributed by atoms with van der Waals surface area (Å²) in [5.74, 6) is -0.882. The number of aliphatic carboxylic acids is 1. The van der Waals surface area contributed by atoms with Gasteiger partial charge in [0.1, 0.15) is 0 Å². The number of nitrogens with one attached hydrogen (secondary N) is 1. The van der Waals surface area contributed by atoms with Crippen LogP contribution in [0.2, 0.25) is 0 Å². The van der Waals surface area contributed by atoms with E-state index in [1.165, 1.54) is 11.4 Å². The van der Waals surface area contributed by atoms with Gasteiger partial charge in [-0.15, -0.1) is 0 Å². The topological polar surface area (TPSA) is 86.7 Å². The maximum atomic E-state index is 11.7. The zero-order valence-electron chi connectivity index (χ0n) is 9.35. The van der Waals surface area contributed by atoms with E-state index >= 15 is 0 Å². The third-order valence-electron chi connectivity index (χ3n) is 2.83. The molecule has 0 aromatic heterocycles. The van der Waals surface area contributed by atoms with Crippen LogP contribution < -0.4 is 4.72 Å². The predicted octanol–water partition coefficient (Wildman–Crippen LogP) is 0.170. The van der Waals surface area contributed by atoms with Crippen LogP contribution in [0.3, 0.4) is 0 Å². The van der Waals surface area contributed by atoms with Crippen molar-refractivity contribution in [2.75, 3.05) is 13.6 Å². The van der Waals surface area contributed by atoms with Crippen molar-refractivity contribution in [1.29, 1.82) is 0 Å². The van der Waals surface area contributed by atoms with Crippen LogP contribution in [-0.4, -0.2) is 43.4 Å². The number of hydrogen-bond acceptors (Lipinski definition) is 3. The van der Waals surface area contributed by atoms with E-state index in [0.717, 1.165) is 19.3 Å². The van der Waals surface area contributed by atoms with Crippen molar-refractivity contribution in [1.82, 2.24) is 9.03 Å². The van der Waals surface area contributed by atoms with Crippen molar-refractivity contribution in [2.24, 2.45) is 0 Å². The van der Waals surface area contributed by atoms with E-state index in [2.05, 4.69) is 4.72 Å². The molecule has 1 aliphatic rings. The first-order valence-corrected chi connectivity index (χ1v) is 6.83. The Morgan fingerprint density at radius 1 is 1.50 bits per heavy atom. The van der Waals surface area contributed by atoms with Gasteiger partial charge in [0.2, 0.25) is 0 Å². The molecule has 6 nitrogen and oxygen atoms in total. The summed E-state index contributed by atoms with van der Waals surface area (Å²) in [6, 6.07) is -0.178. The van der Waals surface area contributed by atoms with Gasteiger partial charge in [0.15, 0.2) is 0 Å². The minimum atomic E-state index is -3.43. The molecule has 7 heteroatoms. The summed E-state index contributed by atoms with van der Waals surface area (Å²) >= 11 is 0. The number of rotatable bonds is 5. The molecule has 0 aliphatic carbocycles. The Hall–Kier alpha value is -0.660. The Morgan fingerprint density at radius 3 is 2.75 bits per heavy atom. The Kier molecular flexibility index (Phi) is 4.69. The quantitative estimate of drug-likeness (QED) is 0.728. The molecular weight excluding hydrogens is 232 g/mol. The van der Waals surface area contributed by atoms with Gasteiger partial charge in [-0.05, 0) is 19.3 Å². The number of hydrogen-bond donors (Lipinski definition) is 2. The van der Waals surface area contributed by atoms with Crippen LogP contribution in [0.25, 0.3) is 0 Å². The van der Waals surface area contributed by atoms with Crippen LogP contribution >= 0.6 is 0 Å². The first-order chi connectivity index (χ1) is 7.47. The van der Waals surface area contributed by atoms with Crippen molar-refractivity contribution < 1.29 is 18.3 Å². The third kappa shape index (κ3) is 3.43. The van der Waals surface area contributed by atoms with E-state index in [9.17, 15) is 13.2 Å². The Bertz CT molecular complexity index is 341. The summed E-state index contributed by atoms with van der Waals surface area (Å²) in [7, 11) is -2.05. The van der Waals surface area contributed by atoms with E-state index in [0.29, 0.717) is 13.0 Å². The van der Waals surface area contributed by atoms with Crippen LogP contribution in [0.15, 0.2) is 0 Å². The summed E-state index contributed by atoms with van der Waals surface area (Å²) in [5, 5.41) is 8.61. The van der Waals surface area contributed by atoms with Gasteiger partial charge in [0.25, 0.3) is 10.2 Å². The molecule has 94 valence electrons. The van der Waals surface area contributed by atoms with E-state index < -0.39 is 16.2 Å². The molecule has 1 aliphatic heterocycles. The number of carboxylic acid groups (broad SMARTS) is 1. The minimum absolute atomic E-state index is 0.0143. The van der Waals surface area contributed by atoms with Crippen LogP contribution in [0.4, 0.5) is 0 Å². The zero-order valence-corrected chi connectivity index (χ0v) is 10.2. The highest BCUT2D eigenvalue weighted by molar-refractivity contribution is 7.87. The SMILES string of the molecule is CNS(=O)(=O)N1CCCCC1CCC(=O)O. The molecule has 0 radical (unpaired) electrons. The second kappa shape index (κ2) is 5.60. The molecule has 0 amide bonds. The zero-order chi connectivity index (χ0) is 12.2. The number of carbonyl (C=O) groups is 1. The highest BCUT2D eigenvalue weighted by atomic mass is 32.2. The molecule has 0 aromatic rings. The lowest BCUT2D eigenvalue weighted by Gasteiger charge is -2.33. The molecule has 1 atom stereocenters. The summed E-state index contributed by atoms with van der Waals surface area (Å²) in [4.78, 5) is 10.5. The lowest BCUT2D eigenvalue weighted by molar-refractivity contribution is -0.137. The highest BCUT2D eigenvalue weighted by Gasteiger charge is 2.31. The van der Waals surface area contributed by atoms with Gasteiger partial charge in [-0.1, -0.05) is 6.42 Å². The molecule has 1 heterocycles. The monoisotopic (exact) mass is 250 g/mol. The van der Waals surface area contributed by atoms with Gasteiger partial charge < -0.3 is 5.11 Å². The van der Waals surface area contributed by atoms with E-state index in [-0.39, 0.29) is 12.5 Å². The summed E-state index contributed by atoms with van der Waals surface area (Å²) < 4.78 is 27.0. The van der Waals surface area contributed by atoms with Gasteiger partial charge in [-0.3, -0.25) is 4.79 Å². The second-order valence-electron chi connectivity index (χ2n) is 3.90. The van der Waals surface area contributed by atoms with E-state index in [1.807, 2.05) is 0 Å². The molecule has 1 unspecified atom stereocenters. The van der Waals surface area contributed by atoms with Gasteiger partial charge in [0.05, 0.1) is 0 Å². The summed E-state index contributed by atoms with van der Waals surface area (Å²) in [6.07, 6.45) is 2.94. The molecule has 0 aromatic carbocycles. The molecule has 0 spiro atoms. The first kappa shape index (κ1) is 13.4. The first-order valence-electron chi connectivity index (χ1n) is 5.39. The molecule has 1 saturated heterocycles. The number of carboxylic acids is 1. The molecular formula is C9H18N2O4S. The van der Waals surface area contributed by atoms with Crippen LogP contribution in [0.5, 0.6) is 0 Å². The number of nitrogens with zero attached hydrogens (tertiary/aromatic N) is 1. The van der Waals surface area contributed by atoms with Crippen molar-refractivity contribution in [2.45, 2.75) is 38.1 Å². The maximum absolute atomic E-state index is 11.7. The predicted molar refractivity (Wildman–Crippen MR) is 59.2 cm³/mol. The molecule has 1 rings (SSSR count). The summed E-state index contributed by atoms with van der Waals surface area (Å²) in [6.45, 7) is 0.480. The van der Waals surface area contributed by atoms with Gasteiger partial charge in [-0.2, -0.15) is 12.7 Å². The fourth-order valence-electron chi connectivity index (χ4n) is 1.99. The van der Waals surface area contributed by atoms with Gasteiger partial charge in [-0.25, -0.2) is 4.72 Å². The third-order valence-corrected chi connectivity index (χ3v) is 4.45. The maximum Gasteiger partial charge on any atom is 0.303 e. The van der Waals surface area contributed by atoms with Crippen molar-refractivity contribution in [3.05, 3.63) is 0 Å². The Morgan fingerprint density at radius 2 is 2.19 bits per heavy atom. The fourth-order valence-corrected chi connectivity index (χ4v) is 3.19. The molecule has 0 saturated carbocycles. The smallest absolute Gasteiger partial charge is 0.303 e. The van der Waals surface area contributed by atoms with Crippen molar-refractivity contribution >= 4 is 16.2 Å². The van der Waals surface area contributed by atoms with Gasteiger partial charge in [0, 0.05) is 26.1 Å². The molecule has 16 heavy (non-hydrogen) atoms. The normalized spacial score (nSPS) is 23.2. The van der Waals surface area contributed by atoms with Crippen LogP contribution in [0, 0.1) is 0 Å². The molecule has 0 bridgehead atoms.